The van der Waals surface area contributed by atoms with Gasteiger partial charge in [-0.2, -0.15) is 11.8 Å². The molecule has 1 aromatic carbocycles. The summed E-state index contributed by atoms with van der Waals surface area (Å²) in [7, 11) is -3.52. The number of thioether (sulfide) groups is 1. The van der Waals surface area contributed by atoms with Crippen molar-refractivity contribution in [3.8, 4) is 0 Å². The Balaban J connectivity index is 3.03. The van der Waals surface area contributed by atoms with E-state index < -0.39 is 10.0 Å². The third kappa shape index (κ3) is 4.77. The van der Waals surface area contributed by atoms with Crippen LogP contribution in [0, 0.1) is 0 Å². The summed E-state index contributed by atoms with van der Waals surface area (Å²) < 4.78 is 26.5. The van der Waals surface area contributed by atoms with Gasteiger partial charge in [0.25, 0.3) is 0 Å². The largest absolute Gasteiger partial charge is 0.397 e. The minimum absolute atomic E-state index is 0.00145. The van der Waals surface area contributed by atoms with Gasteiger partial charge < -0.3 is 16.2 Å². The number of hydrogen-bond donors (Lipinski definition) is 4. The van der Waals surface area contributed by atoms with E-state index in [1.807, 2.05) is 13.2 Å². The van der Waals surface area contributed by atoms with Gasteiger partial charge in [-0.25, -0.2) is 13.1 Å². The molecule has 0 aliphatic rings. The molecule has 0 bridgehead atoms. The third-order valence-corrected chi connectivity index (χ3v) is 5.80. The second-order valence-corrected chi connectivity index (χ2v) is 7.48. The first kappa shape index (κ1) is 18.1. The number of nitrogens with one attached hydrogen (secondary N) is 2. The van der Waals surface area contributed by atoms with Crippen molar-refractivity contribution in [3.63, 3.8) is 0 Å². The van der Waals surface area contributed by atoms with Gasteiger partial charge in [0.15, 0.2) is 0 Å². The van der Waals surface area contributed by atoms with Gasteiger partial charge in [0, 0.05) is 17.8 Å². The van der Waals surface area contributed by atoms with E-state index in [1.54, 1.807) is 13.0 Å². The Morgan fingerprint density at radius 1 is 1.43 bits per heavy atom. The van der Waals surface area contributed by atoms with Crippen molar-refractivity contribution in [2.24, 2.45) is 0 Å². The molecule has 8 heteroatoms. The molecule has 0 aliphatic carbocycles. The Hall–Kier alpha value is -0.960. The lowest BCUT2D eigenvalue weighted by Crippen LogP contribution is -2.31. The van der Waals surface area contributed by atoms with Gasteiger partial charge in [-0.05, 0) is 31.4 Å². The van der Waals surface area contributed by atoms with Crippen LogP contribution >= 0.6 is 11.8 Å². The van der Waals surface area contributed by atoms with Gasteiger partial charge in [-0.1, -0.05) is 6.92 Å². The quantitative estimate of drug-likeness (QED) is 0.531. The fourth-order valence-corrected chi connectivity index (χ4v) is 3.57. The zero-order valence-corrected chi connectivity index (χ0v) is 14.1. The second-order valence-electron chi connectivity index (χ2n) is 4.64. The predicted molar refractivity (Wildman–Crippen MR) is 89.2 cm³/mol. The molecule has 1 aromatic rings. The number of aliphatic hydroxyl groups is 1. The molecule has 0 aliphatic heterocycles. The summed E-state index contributed by atoms with van der Waals surface area (Å²) in [6.45, 7) is 4.00. The minimum Gasteiger partial charge on any atom is -0.397 e. The fourth-order valence-electron chi connectivity index (χ4n) is 1.88. The molecule has 6 nitrogen and oxygen atoms in total. The van der Waals surface area contributed by atoms with E-state index in [4.69, 9.17) is 5.73 Å². The van der Waals surface area contributed by atoms with Crippen LogP contribution in [-0.2, 0) is 10.0 Å². The minimum atomic E-state index is -3.52. The van der Waals surface area contributed by atoms with Crippen LogP contribution < -0.4 is 15.8 Å². The maximum Gasteiger partial charge on any atom is 0.240 e. The van der Waals surface area contributed by atoms with Crippen molar-refractivity contribution in [2.75, 3.05) is 30.5 Å². The van der Waals surface area contributed by atoms with Gasteiger partial charge in [0.2, 0.25) is 10.0 Å². The van der Waals surface area contributed by atoms with Gasteiger partial charge in [-0.15, -0.1) is 0 Å². The summed E-state index contributed by atoms with van der Waals surface area (Å²) in [5, 5.41) is 12.5. The van der Waals surface area contributed by atoms with Crippen LogP contribution in [-0.4, -0.2) is 44.2 Å². The van der Waals surface area contributed by atoms with Gasteiger partial charge in [0.05, 0.1) is 22.9 Å². The maximum absolute atomic E-state index is 12.0. The first-order valence-corrected chi connectivity index (χ1v) is 9.42. The molecule has 0 saturated carbocycles. The Morgan fingerprint density at radius 2 is 2.10 bits per heavy atom. The summed E-state index contributed by atoms with van der Waals surface area (Å²) in [5.74, 6) is 0. The number of rotatable bonds is 8. The van der Waals surface area contributed by atoms with Crippen molar-refractivity contribution in [1.82, 2.24) is 4.72 Å². The second kappa shape index (κ2) is 7.88. The molecule has 0 aromatic heterocycles. The number of nitrogen functional groups attached to an aromatic ring is 1. The molecule has 0 radical (unpaired) electrons. The van der Waals surface area contributed by atoms with Crippen molar-refractivity contribution < 1.29 is 13.5 Å². The van der Waals surface area contributed by atoms with Crippen LogP contribution in [0.3, 0.4) is 0 Å². The zero-order valence-electron chi connectivity index (χ0n) is 12.5. The van der Waals surface area contributed by atoms with Crippen LogP contribution in [0.15, 0.2) is 23.1 Å². The summed E-state index contributed by atoms with van der Waals surface area (Å²) >= 11 is 1.54. The van der Waals surface area contributed by atoms with Gasteiger partial charge in [0.1, 0.15) is 0 Å². The number of nitrogens with two attached hydrogens (primary N) is 1. The van der Waals surface area contributed by atoms with E-state index in [0.29, 0.717) is 17.9 Å². The number of benzene rings is 1. The van der Waals surface area contributed by atoms with Crippen molar-refractivity contribution in [2.45, 2.75) is 30.0 Å². The van der Waals surface area contributed by atoms with Crippen LogP contribution in [0.25, 0.3) is 0 Å². The summed E-state index contributed by atoms with van der Waals surface area (Å²) in [5.41, 5.74) is 6.91. The Bertz CT molecular complexity index is 560. The third-order valence-electron chi connectivity index (χ3n) is 3.09. The summed E-state index contributed by atoms with van der Waals surface area (Å²) in [6.07, 6.45) is 1.91. The highest BCUT2D eigenvalue weighted by Gasteiger charge is 2.18. The standard InChI is InChI=1S/C13H23N3O3S2/c1-4-15-21(18,19)10-5-6-11(14)12(7-10)16-9(2)13(8-17)20-3/h5-7,9,13,15-17H,4,8,14H2,1-3H3. The Kier molecular flexibility index (Phi) is 6.79. The topological polar surface area (TPSA) is 104 Å². The SMILES string of the molecule is CCNS(=O)(=O)c1ccc(N)c(NC(C)C(CO)SC)c1. The molecule has 5 N–H and O–H groups in total. The van der Waals surface area contributed by atoms with Crippen LogP contribution in [0.4, 0.5) is 11.4 Å². The highest BCUT2D eigenvalue weighted by Crippen LogP contribution is 2.25. The predicted octanol–water partition coefficient (Wildman–Crippen LogP) is 1.09. The highest BCUT2D eigenvalue weighted by atomic mass is 32.2. The van der Waals surface area contributed by atoms with Crippen LogP contribution in [0.5, 0.6) is 0 Å². The average Bonchev–Trinajstić information content (AvgIpc) is 2.42. The molecule has 0 spiro atoms. The monoisotopic (exact) mass is 333 g/mol. The molecule has 0 heterocycles. The molecule has 0 fully saturated rings. The maximum atomic E-state index is 12.0. The molecule has 120 valence electrons. The first-order chi connectivity index (χ1) is 9.85. The number of aliphatic hydroxyl groups excluding tert-OH is 1. The summed E-state index contributed by atoms with van der Waals surface area (Å²) in [6, 6.07) is 4.50. The Labute approximate surface area is 130 Å². The highest BCUT2D eigenvalue weighted by molar-refractivity contribution is 7.99. The van der Waals surface area contributed by atoms with E-state index in [1.165, 1.54) is 23.9 Å². The fraction of sp³-hybridized carbons (Fsp3) is 0.538. The zero-order chi connectivity index (χ0) is 16.0. The molecule has 1 rings (SSSR count). The van der Waals surface area contributed by atoms with Gasteiger partial charge in [-0.3, -0.25) is 0 Å². The lowest BCUT2D eigenvalue weighted by Gasteiger charge is -2.23. The molecule has 2 atom stereocenters. The average molecular weight is 333 g/mol. The lowest BCUT2D eigenvalue weighted by molar-refractivity contribution is 0.288. The van der Waals surface area contributed by atoms with Crippen molar-refractivity contribution in [3.05, 3.63) is 18.2 Å². The normalized spacial score (nSPS) is 14.7. The van der Waals surface area contributed by atoms with Crippen LogP contribution in [0.1, 0.15) is 13.8 Å². The molecular weight excluding hydrogens is 310 g/mol. The van der Waals surface area contributed by atoms with Crippen LogP contribution in [0.2, 0.25) is 0 Å². The number of anilines is 2. The molecule has 21 heavy (non-hydrogen) atoms. The Morgan fingerprint density at radius 3 is 2.62 bits per heavy atom. The molecule has 2 unspecified atom stereocenters. The van der Waals surface area contributed by atoms with Crippen molar-refractivity contribution >= 4 is 33.2 Å². The molecule has 0 amide bonds. The number of hydrogen-bond acceptors (Lipinski definition) is 6. The van der Waals surface area contributed by atoms with E-state index >= 15 is 0 Å². The van der Waals surface area contributed by atoms with E-state index in [0.717, 1.165) is 0 Å². The molecular formula is C13H23N3O3S2. The lowest BCUT2D eigenvalue weighted by atomic mass is 10.2. The smallest absolute Gasteiger partial charge is 0.240 e. The molecule has 0 saturated heterocycles. The van der Waals surface area contributed by atoms with E-state index in [2.05, 4.69) is 10.0 Å². The number of sulfonamides is 1. The van der Waals surface area contributed by atoms with E-state index in [-0.39, 0.29) is 22.8 Å². The summed E-state index contributed by atoms with van der Waals surface area (Å²) in [4.78, 5) is 0.165. The van der Waals surface area contributed by atoms with E-state index in [9.17, 15) is 13.5 Å². The van der Waals surface area contributed by atoms with Gasteiger partial charge >= 0.3 is 0 Å². The van der Waals surface area contributed by atoms with Crippen molar-refractivity contribution in [1.29, 1.82) is 0 Å². The first-order valence-electron chi connectivity index (χ1n) is 6.65.